The molecule has 100 valence electrons. The number of hydrogen-bond acceptors (Lipinski definition) is 3. The third-order valence-electron chi connectivity index (χ3n) is 3.99. The number of hydrogen-bond donors (Lipinski definition) is 0. The summed E-state index contributed by atoms with van der Waals surface area (Å²) < 4.78 is 1.28. The maximum Gasteiger partial charge on any atom is 0.113 e. The number of nitrogens with zero attached hydrogens (tertiary/aromatic N) is 2. The van der Waals surface area contributed by atoms with Gasteiger partial charge in [-0.25, -0.2) is 4.98 Å². The monoisotopic (exact) mass is 280 g/mol. The van der Waals surface area contributed by atoms with Gasteiger partial charge in [-0.05, 0) is 37.1 Å². The zero-order chi connectivity index (χ0) is 13.5. The Bertz CT molecular complexity index is 729. The minimum absolute atomic E-state index is 0.555. The zero-order valence-electron chi connectivity index (χ0n) is 11.4. The van der Waals surface area contributed by atoms with E-state index in [4.69, 9.17) is 4.98 Å². The lowest BCUT2D eigenvalue weighted by atomic mass is 10.1. The van der Waals surface area contributed by atoms with Gasteiger partial charge in [-0.3, -0.25) is 0 Å². The van der Waals surface area contributed by atoms with Crippen LogP contribution in [0, 0.1) is 0 Å². The smallest absolute Gasteiger partial charge is 0.113 e. The number of aromatic nitrogens is 1. The van der Waals surface area contributed by atoms with Gasteiger partial charge in [-0.15, -0.1) is 11.3 Å². The molecule has 1 aliphatic heterocycles. The molecule has 2 nitrogen and oxygen atoms in total. The highest BCUT2D eigenvalue weighted by Crippen LogP contribution is 2.34. The van der Waals surface area contributed by atoms with Crippen LogP contribution in [0.4, 0.5) is 5.69 Å². The van der Waals surface area contributed by atoms with Gasteiger partial charge in [0, 0.05) is 11.7 Å². The summed E-state index contributed by atoms with van der Waals surface area (Å²) in [5.41, 5.74) is 3.95. The molecular formula is C17H16N2S. The van der Waals surface area contributed by atoms with Crippen LogP contribution in [0.25, 0.3) is 10.2 Å². The Kier molecular flexibility index (Phi) is 2.74. The summed E-state index contributed by atoms with van der Waals surface area (Å²) >= 11 is 1.81. The van der Waals surface area contributed by atoms with E-state index in [1.807, 2.05) is 11.3 Å². The van der Waals surface area contributed by atoms with Crippen molar-refractivity contribution < 1.29 is 0 Å². The third-order valence-corrected chi connectivity index (χ3v) is 5.01. The molecule has 0 bridgehead atoms. The molecule has 0 fully saturated rings. The molecule has 0 aliphatic carbocycles. The number of fused-ring (bicyclic) bond motifs is 2. The maximum atomic E-state index is 4.76. The van der Waals surface area contributed by atoms with Gasteiger partial charge in [-0.1, -0.05) is 30.3 Å². The molecule has 1 aliphatic rings. The highest BCUT2D eigenvalue weighted by Gasteiger charge is 2.26. The summed E-state index contributed by atoms with van der Waals surface area (Å²) in [6.45, 7) is 3.21. The van der Waals surface area contributed by atoms with Gasteiger partial charge in [0.05, 0.1) is 16.8 Å². The van der Waals surface area contributed by atoms with Crippen molar-refractivity contribution in [1.29, 1.82) is 0 Å². The van der Waals surface area contributed by atoms with Crippen molar-refractivity contribution in [3.05, 3.63) is 59.1 Å². The van der Waals surface area contributed by atoms with Crippen LogP contribution >= 0.6 is 11.3 Å². The maximum absolute atomic E-state index is 4.76. The van der Waals surface area contributed by atoms with Crippen LogP contribution in [0.5, 0.6) is 0 Å². The average Bonchev–Trinajstić information content (AvgIpc) is 3.00. The summed E-state index contributed by atoms with van der Waals surface area (Å²) in [7, 11) is 0. The van der Waals surface area contributed by atoms with E-state index >= 15 is 0 Å². The van der Waals surface area contributed by atoms with Crippen LogP contribution in [-0.4, -0.2) is 11.0 Å². The molecule has 0 saturated carbocycles. The summed E-state index contributed by atoms with van der Waals surface area (Å²) in [4.78, 5) is 7.24. The summed E-state index contributed by atoms with van der Waals surface area (Å²) in [5.74, 6) is 0. The van der Waals surface area contributed by atoms with Gasteiger partial charge in [-0.2, -0.15) is 0 Å². The van der Waals surface area contributed by atoms with Crippen LogP contribution in [0.15, 0.2) is 48.5 Å². The van der Waals surface area contributed by atoms with Crippen molar-refractivity contribution in [2.24, 2.45) is 0 Å². The molecular weight excluding hydrogens is 264 g/mol. The number of anilines is 1. The lowest BCUT2D eigenvalue weighted by molar-refractivity contribution is 0.671. The Balaban J connectivity index is 1.68. The van der Waals surface area contributed by atoms with E-state index in [9.17, 15) is 0 Å². The standard InChI is InChI=1S/C17H16N2S/c1-12-10-13-6-2-4-8-15(13)19(12)11-17-18-14-7-3-5-9-16(14)20-17/h2-9,12H,10-11H2,1H3/t12-/m0/s1. The van der Waals surface area contributed by atoms with Crippen LogP contribution in [-0.2, 0) is 13.0 Å². The number of thiazole rings is 1. The quantitative estimate of drug-likeness (QED) is 0.697. The fourth-order valence-electron chi connectivity index (χ4n) is 3.00. The minimum Gasteiger partial charge on any atom is -0.362 e. The van der Waals surface area contributed by atoms with Gasteiger partial charge in [0.25, 0.3) is 0 Å². The Morgan fingerprint density at radius 1 is 1.15 bits per heavy atom. The molecule has 0 unspecified atom stereocenters. The second-order valence-electron chi connectivity index (χ2n) is 5.39. The molecule has 1 aromatic heterocycles. The van der Waals surface area contributed by atoms with Crippen molar-refractivity contribution in [3.8, 4) is 0 Å². The Morgan fingerprint density at radius 2 is 1.95 bits per heavy atom. The summed E-state index contributed by atoms with van der Waals surface area (Å²) in [5, 5.41) is 1.20. The van der Waals surface area contributed by atoms with Gasteiger partial charge in [0.1, 0.15) is 5.01 Å². The highest BCUT2D eigenvalue weighted by atomic mass is 32.1. The molecule has 2 heterocycles. The van der Waals surface area contributed by atoms with Crippen molar-refractivity contribution in [3.63, 3.8) is 0 Å². The third kappa shape index (κ3) is 1.90. The van der Waals surface area contributed by atoms with Gasteiger partial charge >= 0.3 is 0 Å². The van der Waals surface area contributed by atoms with E-state index in [-0.39, 0.29) is 0 Å². The molecule has 0 spiro atoms. The second kappa shape index (κ2) is 4.60. The number of rotatable bonds is 2. The molecule has 1 atom stereocenters. The van der Waals surface area contributed by atoms with Crippen molar-refractivity contribution >= 4 is 27.2 Å². The summed E-state index contributed by atoms with van der Waals surface area (Å²) in [6.07, 6.45) is 1.14. The van der Waals surface area contributed by atoms with E-state index < -0.39 is 0 Å². The molecule has 3 heteroatoms. The van der Waals surface area contributed by atoms with Crippen LogP contribution in [0.2, 0.25) is 0 Å². The first-order valence-corrected chi connectivity index (χ1v) is 7.82. The highest BCUT2D eigenvalue weighted by molar-refractivity contribution is 7.18. The minimum atomic E-state index is 0.555. The SMILES string of the molecule is C[C@H]1Cc2ccccc2N1Cc1nc2ccccc2s1. The lowest BCUT2D eigenvalue weighted by Gasteiger charge is -2.23. The van der Waals surface area contributed by atoms with E-state index in [1.54, 1.807) is 0 Å². The Morgan fingerprint density at radius 3 is 2.85 bits per heavy atom. The van der Waals surface area contributed by atoms with Crippen molar-refractivity contribution in [1.82, 2.24) is 4.98 Å². The zero-order valence-corrected chi connectivity index (χ0v) is 12.2. The van der Waals surface area contributed by atoms with E-state index in [2.05, 4.69) is 60.4 Å². The average molecular weight is 280 g/mol. The van der Waals surface area contributed by atoms with E-state index in [0.29, 0.717) is 6.04 Å². The number of para-hydroxylation sites is 2. The molecule has 0 N–H and O–H groups in total. The van der Waals surface area contributed by atoms with E-state index in [0.717, 1.165) is 18.5 Å². The molecule has 0 amide bonds. The van der Waals surface area contributed by atoms with Crippen LogP contribution in [0.1, 0.15) is 17.5 Å². The molecule has 2 aromatic carbocycles. The Hall–Kier alpha value is -1.87. The first kappa shape index (κ1) is 11.9. The van der Waals surface area contributed by atoms with E-state index in [1.165, 1.54) is 21.0 Å². The van der Waals surface area contributed by atoms with Gasteiger partial charge in [0.15, 0.2) is 0 Å². The Labute approximate surface area is 122 Å². The fourth-order valence-corrected chi connectivity index (χ4v) is 3.97. The van der Waals surface area contributed by atoms with Crippen LogP contribution < -0.4 is 4.90 Å². The fraction of sp³-hybridized carbons (Fsp3) is 0.235. The molecule has 0 radical (unpaired) electrons. The van der Waals surface area contributed by atoms with Crippen molar-refractivity contribution in [2.75, 3.05) is 4.90 Å². The first-order chi connectivity index (χ1) is 9.81. The topological polar surface area (TPSA) is 16.1 Å². The predicted octanol–water partition coefficient (Wildman–Crippen LogP) is 4.25. The molecule has 20 heavy (non-hydrogen) atoms. The molecule has 0 saturated heterocycles. The predicted molar refractivity (Wildman–Crippen MR) is 85.4 cm³/mol. The van der Waals surface area contributed by atoms with Crippen LogP contribution in [0.3, 0.4) is 0 Å². The van der Waals surface area contributed by atoms with Gasteiger partial charge in [0.2, 0.25) is 0 Å². The largest absolute Gasteiger partial charge is 0.362 e. The number of benzene rings is 2. The first-order valence-electron chi connectivity index (χ1n) is 7.00. The lowest BCUT2D eigenvalue weighted by Crippen LogP contribution is -2.28. The second-order valence-corrected chi connectivity index (χ2v) is 6.50. The summed E-state index contributed by atoms with van der Waals surface area (Å²) in [6, 6.07) is 17.7. The normalized spacial score (nSPS) is 17.6. The molecule has 3 aromatic rings. The molecule has 4 rings (SSSR count). The van der Waals surface area contributed by atoms with Gasteiger partial charge < -0.3 is 4.90 Å². The van der Waals surface area contributed by atoms with Crippen molar-refractivity contribution in [2.45, 2.75) is 25.9 Å².